The quantitative estimate of drug-likeness (QED) is 0.554. The van der Waals surface area contributed by atoms with Gasteiger partial charge in [-0.15, -0.1) is 0 Å². The van der Waals surface area contributed by atoms with Gasteiger partial charge in [-0.3, -0.25) is 14.4 Å². The van der Waals surface area contributed by atoms with E-state index in [9.17, 15) is 18.5 Å². The van der Waals surface area contributed by atoms with Crippen molar-refractivity contribution in [3.63, 3.8) is 0 Å². The van der Waals surface area contributed by atoms with Gasteiger partial charge >= 0.3 is 0 Å². The summed E-state index contributed by atoms with van der Waals surface area (Å²) in [4.78, 5) is 13.0. The number of hydrogen-bond acceptors (Lipinski definition) is 5. The number of sulfonamides is 1. The van der Waals surface area contributed by atoms with E-state index in [-0.39, 0.29) is 17.1 Å². The molecule has 0 atom stereocenters. The maximum Gasteiger partial charge on any atom is 0.293 e. The van der Waals surface area contributed by atoms with E-state index in [2.05, 4.69) is 0 Å². The Morgan fingerprint density at radius 2 is 1.74 bits per heavy atom. The van der Waals surface area contributed by atoms with Gasteiger partial charge in [-0.25, -0.2) is 8.42 Å². The first-order valence-electron chi connectivity index (χ1n) is 9.06. The molecule has 7 nitrogen and oxygen atoms in total. The number of nitrogens with zero attached hydrogens (tertiary/aromatic N) is 3. The van der Waals surface area contributed by atoms with Crippen molar-refractivity contribution in [3.05, 3.63) is 58.6 Å². The van der Waals surface area contributed by atoms with Gasteiger partial charge in [0, 0.05) is 25.7 Å². The summed E-state index contributed by atoms with van der Waals surface area (Å²) in [5, 5.41) is 11.6. The molecule has 1 saturated heterocycles. The normalized spacial score (nSPS) is 14.8. The second-order valence-electron chi connectivity index (χ2n) is 6.46. The molecule has 0 saturated carbocycles. The predicted octanol–water partition coefficient (Wildman–Crippen LogP) is 3.80. The molecule has 1 heterocycles. The highest BCUT2D eigenvalue weighted by molar-refractivity contribution is 7.92. The first kappa shape index (κ1) is 19.2. The molecule has 0 bridgehead atoms. The number of para-hydroxylation sites is 1. The Balaban J connectivity index is 2.03. The first-order chi connectivity index (χ1) is 12.9. The molecule has 2 aromatic carbocycles. The van der Waals surface area contributed by atoms with E-state index in [0.717, 1.165) is 32.4 Å². The third-order valence-corrected chi connectivity index (χ3v) is 6.66. The fraction of sp³-hybridized carbons (Fsp3) is 0.368. The van der Waals surface area contributed by atoms with Crippen LogP contribution in [0.2, 0.25) is 0 Å². The highest BCUT2D eigenvalue weighted by Crippen LogP contribution is 2.34. The molecule has 8 heteroatoms. The van der Waals surface area contributed by atoms with Gasteiger partial charge in [0.15, 0.2) is 0 Å². The van der Waals surface area contributed by atoms with E-state index in [0.29, 0.717) is 11.4 Å². The van der Waals surface area contributed by atoms with Gasteiger partial charge in [0.1, 0.15) is 5.69 Å². The van der Waals surface area contributed by atoms with Gasteiger partial charge in [-0.1, -0.05) is 18.2 Å². The van der Waals surface area contributed by atoms with E-state index < -0.39 is 14.9 Å². The fourth-order valence-corrected chi connectivity index (χ4v) is 4.92. The molecular weight excluding hydrogens is 366 g/mol. The standard InChI is InChI=1S/C19H23N3O4S/c1-2-21(16-9-5-3-6-10-16)27(25,26)17-11-12-18(19(15-17)22(23)24)20-13-7-4-8-14-20/h3,5-6,9-12,15H,2,4,7-8,13-14H2,1H3. The zero-order valence-corrected chi connectivity index (χ0v) is 16.1. The van der Waals surface area contributed by atoms with E-state index in [4.69, 9.17) is 0 Å². The highest BCUT2D eigenvalue weighted by Gasteiger charge is 2.28. The van der Waals surface area contributed by atoms with Crippen LogP contribution >= 0.6 is 0 Å². The van der Waals surface area contributed by atoms with Crippen LogP contribution in [-0.4, -0.2) is 33.0 Å². The highest BCUT2D eigenvalue weighted by atomic mass is 32.2. The third-order valence-electron chi connectivity index (χ3n) is 4.76. The van der Waals surface area contributed by atoms with Gasteiger partial charge < -0.3 is 4.90 Å². The predicted molar refractivity (Wildman–Crippen MR) is 106 cm³/mol. The summed E-state index contributed by atoms with van der Waals surface area (Å²) in [7, 11) is -3.90. The van der Waals surface area contributed by atoms with Crippen molar-refractivity contribution < 1.29 is 13.3 Å². The molecule has 0 spiro atoms. The fourth-order valence-electron chi connectivity index (χ4n) is 3.42. The van der Waals surface area contributed by atoms with Crippen LogP contribution in [0.3, 0.4) is 0 Å². The number of piperidine rings is 1. The lowest BCUT2D eigenvalue weighted by molar-refractivity contribution is -0.384. The Morgan fingerprint density at radius 3 is 2.33 bits per heavy atom. The second-order valence-corrected chi connectivity index (χ2v) is 8.32. The summed E-state index contributed by atoms with van der Waals surface area (Å²) in [6.45, 7) is 3.46. The molecule has 1 aliphatic heterocycles. The van der Waals surface area contributed by atoms with E-state index in [1.54, 1.807) is 37.3 Å². The lowest BCUT2D eigenvalue weighted by Gasteiger charge is -2.29. The average Bonchev–Trinajstić information content (AvgIpc) is 2.69. The number of hydrogen-bond donors (Lipinski definition) is 0. The molecule has 1 aliphatic rings. The van der Waals surface area contributed by atoms with Gasteiger partial charge in [-0.05, 0) is 50.5 Å². The van der Waals surface area contributed by atoms with E-state index in [1.165, 1.54) is 16.4 Å². The van der Waals surface area contributed by atoms with E-state index >= 15 is 0 Å². The lowest BCUT2D eigenvalue weighted by atomic mass is 10.1. The van der Waals surface area contributed by atoms with Crippen molar-refractivity contribution in [1.29, 1.82) is 0 Å². The summed E-state index contributed by atoms with van der Waals surface area (Å²) in [6, 6.07) is 13.0. The van der Waals surface area contributed by atoms with Gasteiger partial charge in [-0.2, -0.15) is 0 Å². The molecular formula is C19H23N3O4S. The number of rotatable bonds is 6. The maximum atomic E-state index is 13.1. The van der Waals surface area contributed by atoms with Crippen molar-refractivity contribution in [1.82, 2.24) is 0 Å². The minimum Gasteiger partial charge on any atom is -0.366 e. The smallest absolute Gasteiger partial charge is 0.293 e. The molecule has 0 amide bonds. The van der Waals surface area contributed by atoms with Crippen LogP contribution in [0.4, 0.5) is 17.1 Å². The summed E-state index contributed by atoms with van der Waals surface area (Å²) in [5.41, 5.74) is 0.853. The molecule has 0 unspecified atom stereocenters. The molecule has 144 valence electrons. The Labute approximate surface area is 159 Å². The number of nitro groups is 1. The van der Waals surface area contributed by atoms with Crippen LogP contribution in [0.5, 0.6) is 0 Å². The topological polar surface area (TPSA) is 83.8 Å². The van der Waals surface area contributed by atoms with Crippen molar-refractivity contribution in [2.75, 3.05) is 28.8 Å². The summed E-state index contributed by atoms with van der Waals surface area (Å²) < 4.78 is 27.5. The van der Waals surface area contributed by atoms with Crippen molar-refractivity contribution in [3.8, 4) is 0 Å². The molecule has 3 rings (SSSR count). The molecule has 27 heavy (non-hydrogen) atoms. The van der Waals surface area contributed by atoms with E-state index in [1.807, 2.05) is 11.0 Å². The SMILES string of the molecule is CCN(c1ccccc1)S(=O)(=O)c1ccc(N2CCCCC2)c([N+](=O)[O-])c1. The summed E-state index contributed by atoms with van der Waals surface area (Å²) in [6.07, 6.45) is 3.07. The minimum atomic E-state index is -3.90. The molecule has 2 aromatic rings. The number of nitro benzene ring substituents is 1. The monoisotopic (exact) mass is 389 g/mol. The van der Waals surface area contributed by atoms with Crippen LogP contribution in [0.15, 0.2) is 53.4 Å². The average molecular weight is 389 g/mol. The molecule has 0 N–H and O–H groups in total. The maximum absolute atomic E-state index is 13.1. The zero-order chi connectivity index (χ0) is 19.4. The molecule has 0 aliphatic carbocycles. The Hall–Kier alpha value is -2.61. The van der Waals surface area contributed by atoms with Gasteiger partial charge in [0.2, 0.25) is 0 Å². The Kier molecular flexibility index (Phi) is 5.65. The lowest BCUT2D eigenvalue weighted by Crippen LogP contribution is -2.32. The zero-order valence-electron chi connectivity index (χ0n) is 15.2. The third kappa shape index (κ3) is 3.90. The second kappa shape index (κ2) is 7.96. The van der Waals surface area contributed by atoms with Crippen LogP contribution in [0, 0.1) is 10.1 Å². The minimum absolute atomic E-state index is 0.0688. The molecule has 0 radical (unpaired) electrons. The summed E-state index contributed by atoms with van der Waals surface area (Å²) >= 11 is 0. The first-order valence-corrected chi connectivity index (χ1v) is 10.5. The van der Waals surface area contributed by atoms with Crippen molar-refractivity contribution in [2.45, 2.75) is 31.1 Å². The largest absolute Gasteiger partial charge is 0.366 e. The number of anilines is 2. The molecule has 1 fully saturated rings. The van der Waals surface area contributed by atoms with Gasteiger partial charge in [0.05, 0.1) is 15.5 Å². The molecule has 0 aromatic heterocycles. The number of benzene rings is 2. The van der Waals surface area contributed by atoms with Crippen LogP contribution < -0.4 is 9.21 Å². The van der Waals surface area contributed by atoms with Gasteiger partial charge in [0.25, 0.3) is 15.7 Å². The Bertz CT molecular complexity index is 910. The van der Waals surface area contributed by atoms with Crippen LogP contribution in [-0.2, 0) is 10.0 Å². The van der Waals surface area contributed by atoms with Crippen LogP contribution in [0.1, 0.15) is 26.2 Å². The van der Waals surface area contributed by atoms with Crippen LogP contribution in [0.25, 0.3) is 0 Å². The van der Waals surface area contributed by atoms with Crippen molar-refractivity contribution >= 4 is 27.1 Å². The summed E-state index contributed by atoms with van der Waals surface area (Å²) in [5.74, 6) is 0. The van der Waals surface area contributed by atoms with Crippen molar-refractivity contribution in [2.24, 2.45) is 0 Å². The Morgan fingerprint density at radius 1 is 1.07 bits per heavy atom.